The molecule has 0 aliphatic carbocycles. The van der Waals surface area contributed by atoms with Crippen LogP contribution in [0.3, 0.4) is 0 Å². The van der Waals surface area contributed by atoms with Crippen LogP contribution in [0, 0.1) is 0 Å². The van der Waals surface area contributed by atoms with Gasteiger partial charge < -0.3 is 25.6 Å². The molecule has 0 aliphatic heterocycles. The first kappa shape index (κ1) is 16.4. The highest BCUT2D eigenvalue weighted by atomic mass is 16.3. The van der Waals surface area contributed by atoms with Gasteiger partial charge in [0.05, 0.1) is 6.61 Å². The summed E-state index contributed by atoms with van der Waals surface area (Å²) in [6.45, 7) is 0.574. The Morgan fingerprint density at radius 1 is 1.00 bits per heavy atom. The van der Waals surface area contributed by atoms with Crippen LogP contribution in [-0.4, -0.2) is 39.5 Å². The summed E-state index contributed by atoms with van der Waals surface area (Å²) >= 11 is 0. The molecule has 0 fully saturated rings. The SMILES string of the molecule is OC[C@H](Cc1c[nH]c2ccccc12)NCCc1c(O)cccc1O. The predicted molar refractivity (Wildman–Crippen MR) is 94.4 cm³/mol. The molecule has 1 aromatic heterocycles. The highest BCUT2D eigenvalue weighted by molar-refractivity contribution is 5.83. The molecule has 0 saturated heterocycles. The van der Waals surface area contributed by atoms with Gasteiger partial charge in [-0.15, -0.1) is 0 Å². The third-order valence-corrected chi connectivity index (χ3v) is 4.30. The lowest BCUT2D eigenvalue weighted by Crippen LogP contribution is -2.35. The van der Waals surface area contributed by atoms with E-state index in [4.69, 9.17) is 0 Å². The van der Waals surface area contributed by atoms with Gasteiger partial charge in [0.25, 0.3) is 0 Å². The zero-order valence-electron chi connectivity index (χ0n) is 13.4. The molecule has 0 bridgehead atoms. The van der Waals surface area contributed by atoms with E-state index in [1.54, 1.807) is 18.2 Å². The molecule has 2 aromatic carbocycles. The van der Waals surface area contributed by atoms with E-state index >= 15 is 0 Å². The Hall–Kier alpha value is -2.50. The van der Waals surface area contributed by atoms with Crippen LogP contribution in [0.1, 0.15) is 11.1 Å². The number of aromatic nitrogens is 1. The van der Waals surface area contributed by atoms with Crippen LogP contribution in [0.4, 0.5) is 0 Å². The lowest BCUT2D eigenvalue weighted by Gasteiger charge is -2.16. The maximum Gasteiger partial charge on any atom is 0.122 e. The molecule has 0 unspecified atom stereocenters. The highest BCUT2D eigenvalue weighted by Crippen LogP contribution is 2.26. The van der Waals surface area contributed by atoms with Crippen molar-refractivity contribution < 1.29 is 15.3 Å². The maximum atomic E-state index is 9.80. The largest absolute Gasteiger partial charge is 0.508 e. The van der Waals surface area contributed by atoms with Crippen molar-refractivity contribution in [2.45, 2.75) is 18.9 Å². The second-order valence-corrected chi connectivity index (χ2v) is 5.92. The third-order valence-electron chi connectivity index (χ3n) is 4.30. The Bertz CT molecular complexity index is 793. The number of aromatic amines is 1. The molecule has 5 N–H and O–H groups in total. The van der Waals surface area contributed by atoms with Crippen molar-refractivity contribution in [3.05, 3.63) is 59.8 Å². The summed E-state index contributed by atoms with van der Waals surface area (Å²) in [7, 11) is 0. The van der Waals surface area contributed by atoms with Crippen LogP contribution in [0.5, 0.6) is 11.5 Å². The van der Waals surface area contributed by atoms with Crippen molar-refractivity contribution in [3.8, 4) is 11.5 Å². The molecule has 0 aliphatic rings. The molecule has 3 aromatic rings. The van der Waals surface area contributed by atoms with Crippen molar-refractivity contribution in [1.82, 2.24) is 10.3 Å². The van der Waals surface area contributed by atoms with Crippen LogP contribution in [0.2, 0.25) is 0 Å². The average molecular weight is 326 g/mol. The third kappa shape index (κ3) is 3.53. The number of benzene rings is 2. The minimum Gasteiger partial charge on any atom is -0.508 e. The first-order valence-electron chi connectivity index (χ1n) is 8.08. The minimum atomic E-state index is -0.0859. The number of fused-ring (bicyclic) bond motifs is 1. The van der Waals surface area contributed by atoms with Gasteiger partial charge in [0, 0.05) is 28.7 Å². The number of para-hydroxylation sites is 1. The van der Waals surface area contributed by atoms with Gasteiger partial charge in [0.1, 0.15) is 11.5 Å². The lowest BCUT2D eigenvalue weighted by molar-refractivity contribution is 0.242. The van der Waals surface area contributed by atoms with E-state index in [0.717, 1.165) is 16.5 Å². The van der Waals surface area contributed by atoms with Gasteiger partial charge in [0.15, 0.2) is 0 Å². The minimum absolute atomic E-state index is 0.0201. The second kappa shape index (κ2) is 7.38. The molecular weight excluding hydrogens is 304 g/mol. The van der Waals surface area contributed by atoms with Crippen LogP contribution in [-0.2, 0) is 12.8 Å². The van der Waals surface area contributed by atoms with Crippen LogP contribution in [0.15, 0.2) is 48.7 Å². The molecule has 5 heteroatoms. The number of rotatable bonds is 7. The van der Waals surface area contributed by atoms with Gasteiger partial charge in [-0.05, 0) is 43.1 Å². The Balaban J connectivity index is 1.61. The number of aliphatic hydroxyl groups is 1. The van der Waals surface area contributed by atoms with Crippen molar-refractivity contribution >= 4 is 10.9 Å². The fourth-order valence-corrected chi connectivity index (χ4v) is 2.99. The Morgan fingerprint density at radius 3 is 2.50 bits per heavy atom. The van der Waals surface area contributed by atoms with E-state index in [0.29, 0.717) is 24.9 Å². The number of nitrogens with one attached hydrogen (secondary N) is 2. The fraction of sp³-hybridized carbons (Fsp3) is 0.263. The summed E-state index contributed by atoms with van der Waals surface area (Å²) in [5.41, 5.74) is 2.76. The van der Waals surface area contributed by atoms with Gasteiger partial charge in [0.2, 0.25) is 0 Å². The number of phenols is 2. The molecule has 0 radical (unpaired) electrons. The van der Waals surface area contributed by atoms with Gasteiger partial charge in [-0.25, -0.2) is 0 Å². The quantitative estimate of drug-likeness (QED) is 0.461. The van der Waals surface area contributed by atoms with Gasteiger partial charge in [-0.1, -0.05) is 24.3 Å². The van der Waals surface area contributed by atoms with E-state index in [1.807, 2.05) is 24.4 Å². The van der Waals surface area contributed by atoms with Crippen molar-refractivity contribution in [2.24, 2.45) is 0 Å². The molecule has 3 rings (SSSR count). The predicted octanol–water partition coefficient (Wildman–Crippen LogP) is 2.31. The molecule has 1 heterocycles. The van der Waals surface area contributed by atoms with E-state index < -0.39 is 0 Å². The summed E-state index contributed by atoms with van der Waals surface area (Å²) in [5, 5.41) is 33.7. The summed E-state index contributed by atoms with van der Waals surface area (Å²) in [6.07, 6.45) is 3.17. The maximum absolute atomic E-state index is 9.80. The smallest absolute Gasteiger partial charge is 0.122 e. The standard InChI is InChI=1S/C19H22N2O3/c22-12-14(10-13-11-21-17-5-2-1-4-15(13)17)20-9-8-16-18(23)6-3-7-19(16)24/h1-7,11,14,20-24H,8-10,12H2/t14-/m0/s1. The molecule has 126 valence electrons. The summed E-state index contributed by atoms with van der Waals surface area (Å²) in [4.78, 5) is 3.24. The summed E-state index contributed by atoms with van der Waals surface area (Å²) in [6, 6.07) is 12.7. The highest BCUT2D eigenvalue weighted by Gasteiger charge is 2.12. The van der Waals surface area contributed by atoms with E-state index in [-0.39, 0.29) is 24.1 Å². The number of hydrogen-bond acceptors (Lipinski definition) is 4. The lowest BCUT2D eigenvalue weighted by atomic mass is 10.0. The molecule has 1 atom stereocenters. The Morgan fingerprint density at radius 2 is 1.75 bits per heavy atom. The zero-order valence-corrected chi connectivity index (χ0v) is 13.4. The summed E-state index contributed by atoms with van der Waals surface area (Å²) in [5.74, 6) is 0.183. The molecule has 0 saturated carbocycles. The second-order valence-electron chi connectivity index (χ2n) is 5.92. The topological polar surface area (TPSA) is 88.5 Å². The molecular formula is C19H22N2O3. The Labute approximate surface area is 140 Å². The Kier molecular flexibility index (Phi) is 5.03. The monoisotopic (exact) mass is 326 g/mol. The van der Waals surface area contributed by atoms with E-state index in [1.165, 1.54) is 0 Å². The van der Waals surface area contributed by atoms with E-state index in [2.05, 4.69) is 16.4 Å². The fourth-order valence-electron chi connectivity index (χ4n) is 2.99. The first-order valence-corrected chi connectivity index (χ1v) is 8.08. The normalized spacial score (nSPS) is 12.5. The van der Waals surface area contributed by atoms with Crippen molar-refractivity contribution in [2.75, 3.05) is 13.2 Å². The molecule has 5 nitrogen and oxygen atoms in total. The number of aromatic hydroxyl groups is 2. The molecule has 24 heavy (non-hydrogen) atoms. The van der Waals surface area contributed by atoms with Crippen molar-refractivity contribution in [3.63, 3.8) is 0 Å². The van der Waals surface area contributed by atoms with Crippen LogP contribution >= 0.6 is 0 Å². The van der Waals surface area contributed by atoms with E-state index in [9.17, 15) is 15.3 Å². The molecule has 0 spiro atoms. The number of hydrogen-bond donors (Lipinski definition) is 5. The van der Waals surface area contributed by atoms with Gasteiger partial charge in [-0.2, -0.15) is 0 Å². The van der Waals surface area contributed by atoms with Crippen molar-refractivity contribution in [1.29, 1.82) is 0 Å². The van der Waals surface area contributed by atoms with Crippen LogP contribution < -0.4 is 5.32 Å². The van der Waals surface area contributed by atoms with Crippen LogP contribution in [0.25, 0.3) is 10.9 Å². The number of phenolic OH excluding ortho intramolecular Hbond substituents is 2. The molecule has 0 amide bonds. The zero-order chi connectivity index (χ0) is 16.9. The summed E-state index contributed by atoms with van der Waals surface area (Å²) < 4.78 is 0. The first-order chi connectivity index (χ1) is 11.7. The number of H-pyrrole nitrogens is 1. The average Bonchev–Trinajstić information content (AvgIpc) is 2.99. The number of aliphatic hydroxyl groups excluding tert-OH is 1. The van der Waals surface area contributed by atoms with Gasteiger partial charge in [-0.3, -0.25) is 0 Å². The van der Waals surface area contributed by atoms with Gasteiger partial charge >= 0.3 is 0 Å².